The number of hydrogen-bond acceptors (Lipinski definition) is 5. The third kappa shape index (κ3) is 2.71. The van der Waals surface area contributed by atoms with Crippen molar-refractivity contribution in [2.45, 2.75) is 26.4 Å². The number of imide groups is 2. The zero-order chi connectivity index (χ0) is 18.3. The van der Waals surface area contributed by atoms with Crippen molar-refractivity contribution in [2.75, 3.05) is 19.0 Å². The van der Waals surface area contributed by atoms with Crippen LogP contribution in [0.25, 0.3) is 10.8 Å². The van der Waals surface area contributed by atoms with E-state index in [0.29, 0.717) is 0 Å². The average Bonchev–Trinajstić information content (AvgIpc) is 2.78. The third-order valence-electron chi connectivity index (χ3n) is 4.21. The highest BCUT2D eigenvalue weighted by atomic mass is 16.2. The maximum absolute atomic E-state index is 12.5. The van der Waals surface area contributed by atoms with Crippen molar-refractivity contribution in [2.24, 2.45) is 0 Å². The minimum Gasteiger partial charge on any atom is -0.362 e. The lowest BCUT2D eigenvalue weighted by Gasteiger charge is -2.20. The van der Waals surface area contributed by atoms with E-state index in [9.17, 15) is 14.4 Å². The molecular formula is C18H20N4O3. The molecule has 0 atom stereocenters. The molecule has 7 heteroatoms. The van der Waals surface area contributed by atoms with Gasteiger partial charge in [0, 0.05) is 31.7 Å². The van der Waals surface area contributed by atoms with Crippen LogP contribution >= 0.6 is 0 Å². The lowest BCUT2D eigenvalue weighted by molar-refractivity contribution is -0.144. The van der Waals surface area contributed by atoms with Gasteiger partial charge in [0.05, 0.1) is 6.54 Å². The van der Waals surface area contributed by atoms with Crippen molar-refractivity contribution in [3.05, 3.63) is 36.0 Å². The van der Waals surface area contributed by atoms with Crippen molar-refractivity contribution in [3.63, 3.8) is 0 Å². The van der Waals surface area contributed by atoms with Crippen molar-refractivity contribution < 1.29 is 14.4 Å². The molecule has 0 bridgehead atoms. The summed E-state index contributed by atoms with van der Waals surface area (Å²) in [6.45, 7) is 3.43. The summed E-state index contributed by atoms with van der Waals surface area (Å²) in [6, 6.07) is 6.74. The number of carbonyl (C=O) groups excluding carboxylic acids is 3. The van der Waals surface area contributed by atoms with Crippen molar-refractivity contribution >= 4 is 34.4 Å². The smallest absolute Gasteiger partial charge is 0.334 e. The van der Waals surface area contributed by atoms with E-state index >= 15 is 0 Å². The molecule has 130 valence electrons. The molecule has 1 saturated heterocycles. The number of fused-ring (bicyclic) bond motifs is 1. The highest BCUT2D eigenvalue weighted by Crippen LogP contribution is 2.28. The van der Waals surface area contributed by atoms with E-state index in [4.69, 9.17) is 0 Å². The minimum absolute atomic E-state index is 0.0217. The molecule has 1 aliphatic rings. The summed E-state index contributed by atoms with van der Waals surface area (Å²) in [5, 5.41) is 1.83. The van der Waals surface area contributed by atoms with Gasteiger partial charge >= 0.3 is 17.8 Å². The van der Waals surface area contributed by atoms with Crippen molar-refractivity contribution in [3.8, 4) is 0 Å². The van der Waals surface area contributed by atoms with Gasteiger partial charge in [-0.1, -0.05) is 24.3 Å². The van der Waals surface area contributed by atoms with Gasteiger partial charge < -0.3 is 4.90 Å². The van der Waals surface area contributed by atoms with Gasteiger partial charge in [0.15, 0.2) is 0 Å². The zero-order valence-electron chi connectivity index (χ0n) is 14.7. The Morgan fingerprint density at radius 2 is 1.68 bits per heavy atom. The topological polar surface area (TPSA) is 73.8 Å². The molecule has 1 aromatic heterocycles. The van der Waals surface area contributed by atoms with Gasteiger partial charge in [0.2, 0.25) is 0 Å². The molecule has 0 N–H and O–H groups in total. The second kappa shape index (κ2) is 6.16. The molecular weight excluding hydrogens is 320 g/mol. The summed E-state index contributed by atoms with van der Waals surface area (Å²) < 4.78 is 0. The van der Waals surface area contributed by atoms with Gasteiger partial charge in [-0.2, -0.15) is 0 Å². The highest BCUT2D eigenvalue weighted by Gasteiger charge is 2.45. The molecule has 7 nitrogen and oxygen atoms in total. The van der Waals surface area contributed by atoms with Crippen molar-refractivity contribution in [1.82, 2.24) is 14.8 Å². The number of aromatic nitrogens is 1. The molecule has 0 unspecified atom stereocenters. The quantitative estimate of drug-likeness (QED) is 0.629. The van der Waals surface area contributed by atoms with Crippen LogP contribution in [0.1, 0.15) is 19.4 Å². The first-order valence-corrected chi connectivity index (χ1v) is 8.06. The van der Waals surface area contributed by atoms with E-state index in [1.807, 2.05) is 43.3 Å². The summed E-state index contributed by atoms with van der Waals surface area (Å²) >= 11 is 0. The Morgan fingerprint density at radius 3 is 2.24 bits per heavy atom. The monoisotopic (exact) mass is 340 g/mol. The Labute approximate surface area is 145 Å². The van der Waals surface area contributed by atoms with Crippen LogP contribution in [0.2, 0.25) is 0 Å². The van der Waals surface area contributed by atoms with Gasteiger partial charge in [0.1, 0.15) is 5.82 Å². The normalized spacial score (nSPS) is 15.0. The van der Waals surface area contributed by atoms with Crippen LogP contribution in [-0.2, 0) is 16.1 Å². The van der Waals surface area contributed by atoms with E-state index in [0.717, 1.165) is 32.0 Å². The summed E-state index contributed by atoms with van der Waals surface area (Å²) in [5.41, 5.74) is 0.723. The maximum Gasteiger partial charge on any atom is 0.334 e. The van der Waals surface area contributed by atoms with Crippen LogP contribution in [0.5, 0.6) is 0 Å². The summed E-state index contributed by atoms with van der Waals surface area (Å²) in [5.74, 6) is -0.764. The fourth-order valence-corrected chi connectivity index (χ4v) is 3.01. The number of rotatable bonds is 4. The number of nitrogens with zero attached hydrogens (tertiary/aromatic N) is 4. The average molecular weight is 340 g/mol. The van der Waals surface area contributed by atoms with Gasteiger partial charge in [-0.25, -0.2) is 9.78 Å². The number of urea groups is 1. The molecule has 2 heterocycles. The highest BCUT2D eigenvalue weighted by molar-refractivity contribution is 6.44. The van der Waals surface area contributed by atoms with Gasteiger partial charge in [-0.3, -0.25) is 19.4 Å². The molecule has 1 fully saturated rings. The predicted octanol–water partition coefficient (Wildman–Crippen LogP) is 2.00. The molecule has 0 radical (unpaired) electrons. The largest absolute Gasteiger partial charge is 0.362 e. The standard InChI is InChI=1S/C18H20N4O3/c1-11(2)22-17(24)16(23)21(18(22)25)10-12-9-19-15(20(3)4)14-8-6-5-7-13(12)14/h5-9,11H,10H2,1-4H3. The Kier molecular flexibility index (Phi) is 4.16. The van der Waals surface area contributed by atoms with Crippen LogP contribution in [0.15, 0.2) is 30.5 Å². The maximum atomic E-state index is 12.5. The number of amides is 4. The van der Waals surface area contributed by atoms with E-state index in [-0.39, 0.29) is 12.6 Å². The van der Waals surface area contributed by atoms with Gasteiger partial charge in [0.25, 0.3) is 0 Å². The molecule has 0 aliphatic carbocycles. The fraction of sp³-hybridized carbons (Fsp3) is 0.333. The van der Waals surface area contributed by atoms with Gasteiger partial charge in [-0.15, -0.1) is 0 Å². The summed E-state index contributed by atoms with van der Waals surface area (Å²) in [4.78, 5) is 45.1. The van der Waals surface area contributed by atoms with E-state index in [2.05, 4.69) is 4.98 Å². The number of hydrogen-bond donors (Lipinski definition) is 0. The second-order valence-electron chi connectivity index (χ2n) is 6.49. The first-order valence-electron chi connectivity index (χ1n) is 8.06. The first-order chi connectivity index (χ1) is 11.8. The van der Waals surface area contributed by atoms with Crippen molar-refractivity contribution in [1.29, 1.82) is 0 Å². The van der Waals surface area contributed by atoms with E-state index < -0.39 is 17.8 Å². The van der Waals surface area contributed by atoms with Crippen LogP contribution in [0.4, 0.5) is 10.6 Å². The van der Waals surface area contributed by atoms with E-state index in [1.165, 1.54) is 0 Å². The lowest BCUT2D eigenvalue weighted by atomic mass is 10.1. The van der Waals surface area contributed by atoms with Gasteiger partial charge in [-0.05, 0) is 24.8 Å². The summed E-state index contributed by atoms with van der Waals surface area (Å²) in [6.07, 6.45) is 1.65. The first kappa shape index (κ1) is 16.9. The third-order valence-corrected chi connectivity index (χ3v) is 4.21. The molecule has 25 heavy (non-hydrogen) atoms. The predicted molar refractivity (Wildman–Crippen MR) is 94.0 cm³/mol. The molecule has 1 aliphatic heterocycles. The zero-order valence-corrected chi connectivity index (χ0v) is 14.7. The molecule has 4 amide bonds. The molecule has 1 aromatic carbocycles. The Morgan fingerprint density at radius 1 is 1.04 bits per heavy atom. The van der Waals surface area contributed by atoms with E-state index in [1.54, 1.807) is 20.0 Å². The molecule has 2 aromatic rings. The number of carbonyl (C=O) groups is 3. The molecule has 3 rings (SSSR count). The van der Waals surface area contributed by atoms with Crippen LogP contribution in [0.3, 0.4) is 0 Å². The minimum atomic E-state index is -0.792. The lowest BCUT2D eigenvalue weighted by Crippen LogP contribution is -2.37. The Balaban J connectivity index is 2.02. The molecule has 0 saturated carbocycles. The fourth-order valence-electron chi connectivity index (χ4n) is 3.01. The van der Waals surface area contributed by atoms with Crippen LogP contribution < -0.4 is 4.90 Å². The SMILES string of the molecule is CC(C)N1C(=O)C(=O)N(Cc2cnc(N(C)C)c3ccccc23)C1=O. The summed E-state index contributed by atoms with van der Waals surface area (Å²) in [7, 11) is 3.81. The second-order valence-corrected chi connectivity index (χ2v) is 6.49. The van der Waals surface area contributed by atoms with Crippen LogP contribution in [0, 0.1) is 0 Å². The Hall–Kier alpha value is -2.96. The Bertz CT molecular complexity index is 876. The molecule has 0 spiro atoms. The number of benzene rings is 1. The van der Waals surface area contributed by atoms with Crippen LogP contribution in [-0.4, -0.2) is 52.8 Å². The number of pyridine rings is 1. The number of anilines is 1.